The van der Waals surface area contributed by atoms with Gasteiger partial charge in [0.1, 0.15) is 0 Å². The lowest BCUT2D eigenvalue weighted by molar-refractivity contribution is -0.122. The Labute approximate surface area is 112 Å². The first-order chi connectivity index (χ1) is 8.67. The number of carbonyl (C=O) groups excluding carboxylic acids is 2. The van der Waals surface area contributed by atoms with Gasteiger partial charge in [-0.3, -0.25) is 9.59 Å². The molecule has 2 amide bonds. The van der Waals surface area contributed by atoms with Crippen LogP contribution in [0.4, 0.5) is 5.69 Å². The third kappa shape index (κ3) is 4.79. The maximum Gasteiger partial charge on any atom is 0.243 e. The summed E-state index contributed by atoms with van der Waals surface area (Å²) in [6, 6.07) is 7.65. The number of carbonyl (C=O) groups is 2. The van der Waals surface area contributed by atoms with Gasteiger partial charge in [-0.25, -0.2) is 0 Å². The summed E-state index contributed by atoms with van der Waals surface area (Å²) in [7, 11) is 0. The smallest absolute Gasteiger partial charge is 0.243 e. The van der Waals surface area contributed by atoms with Crippen LogP contribution in [0.5, 0.6) is 0 Å². The molecule has 98 valence electrons. The van der Waals surface area contributed by atoms with Gasteiger partial charge in [0.15, 0.2) is 0 Å². The van der Waals surface area contributed by atoms with Crippen LogP contribution in [0.25, 0.3) is 0 Å². The van der Waals surface area contributed by atoms with Crippen molar-refractivity contribution in [3.05, 3.63) is 29.8 Å². The van der Waals surface area contributed by atoms with Crippen molar-refractivity contribution in [2.24, 2.45) is 0 Å². The number of thioether (sulfide) groups is 1. The second kappa shape index (κ2) is 7.76. The number of amides is 2. The Kier molecular flexibility index (Phi) is 6.28. The fraction of sp³-hybridized carbons (Fsp3) is 0.385. The highest BCUT2D eigenvalue weighted by Crippen LogP contribution is 2.14. The van der Waals surface area contributed by atoms with Crippen molar-refractivity contribution >= 4 is 29.3 Å². The number of para-hydroxylation sites is 1. The van der Waals surface area contributed by atoms with Crippen molar-refractivity contribution in [2.75, 3.05) is 23.9 Å². The molecule has 0 atom stereocenters. The first-order valence-corrected chi connectivity index (χ1v) is 7.20. The summed E-state index contributed by atoms with van der Waals surface area (Å²) in [5, 5.41) is 5.37. The first kappa shape index (κ1) is 14.6. The van der Waals surface area contributed by atoms with Crippen molar-refractivity contribution in [1.82, 2.24) is 5.32 Å². The van der Waals surface area contributed by atoms with E-state index in [1.54, 1.807) is 0 Å². The van der Waals surface area contributed by atoms with Crippen LogP contribution >= 0.6 is 11.8 Å². The van der Waals surface area contributed by atoms with Gasteiger partial charge in [0.25, 0.3) is 0 Å². The van der Waals surface area contributed by atoms with Gasteiger partial charge in [-0.1, -0.05) is 25.1 Å². The standard InChI is InChI=1S/C13H18N2O2S/c1-3-10-6-4-5-7-11(10)15-12(16)8-14-13(17)9-18-2/h4-7H,3,8-9H2,1-2H3,(H,14,17)(H,15,16). The molecule has 0 radical (unpaired) electrons. The van der Waals surface area contributed by atoms with E-state index in [-0.39, 0.29) is 18.4 Å². The third-order valence-corrected chi connectivity index (χ3v) is 2.94. The average molecular weight is 266 g/mol. The highest BCUT2D eigenvalue weighted by Gasteiger charge is 2.07. The van der Waals surface area contributed by atoms with Crippen molar-refractivity contribution in [3.8, 4) is 0 Å². The number of aryl methyl sites for hydroxylation is 1. The second-order valence-corrected chi connectivity index (χ2v) is 4.63. The number of hydrogen-bond acceptors (Lipinski definition) is 3. The minimum absolute atomic E-state index is 0.0114. The van der Waals surface area contributed by atoms with Crippen LogP contribution in [0.15, 0.2) is 24.3 Å². The molecule has 1 aromatic carbocycles. The van der Waals surface area contributed by atoms with Gasteiger partial charge in [0.2, 0.25) is 11.8 Å². The van der Waals surface area contributed by atoms with Gasteiger partial charge >= 0.3 is 0 Å². The predicted molar refractivity (Wildman–Crippen MR) is 75.8 cm³/mol. The van der Waals surface area contributed by atoms with Crippen LogP contribution in [-0.2, 0) is 16.0 Å². The zero-order valence-corrected chi connectivity index (χ0v) is 11.5. The molecule has 18 heavy (non-hydrogen) atoms. The molecule has 1 aromatic rings. The molecule has 1 rings (SSSR count). The lowest BCUT2D eigenvalue weighted by atomic mass is 10.1. The molecule has 4 nitrogen and oxygen atoms in total. The average Bonchev–Trinajstić information content (AvgIpc) is 2.37. The minimum atomic E-state index is -0.203. The zero-order valence-electron chi connectivity index (χ0n) is 10.7. The van der Waals surface area contributed by atoms with E-state index in [4.69, 9.17) is 0 Å². The van der Waals surface area contributed by atoms with E-state index < -0.39 is 0 Å². The van der Waals surface area contributed by atoms with Crippen LogP contribution in [0.2, 0.25) is 0 Å². The molecule has 0 fully saturated rings. The van der Waals surface area contributed by atoms with Crippen LogP contribution < -0.4 is 10.6 Å². The molecular formula is C13H18N2O2S. The number of hydrogen-bond donors (Lipinski definition) is 2. The van der Waals surface area contributed by atoms with E-state index in [2.05, 4.69) is 10.6 Å². The third-order valence-electron chi connectivity index (χ3n) is 2.39. The Morgan fingerprint density at radius 2 is 1.94 bits per heavy atom. The predicted octanol–water partition coefficient (Wildman–Crippen LogP) is 1.67. The van der Waals surface area contributed by atoms with Gasteiger partial charge in [-0.15, -0.1) is 0 Å². The fourth-order valence-electron chi connectivity index (χ4n) is 1.51. The van der Waals surface area contributed by atoms with E-state index in [1.165, 1.54) is 11.8 Å². The molecule has 0 unspecified atom stereocenters. The van der Waals surface area contributed by atoms with Crippen LogP contribution in [0.3, 0.4) is 0 Å². The molecule has 0 aliphatic carbocycles. The molecule has 0 bridgehead atoms. The molecule has 0 aliphatic rings. The summed E-state index contributed by atoms with van der Waals surface area (Å²) in [6.45, 7) is 2.04. The quantitative estimate of drug-likeness (QED) is 0.823. The summed E-state index contributed by atoms with van der Waals surface area (Å²) in [4.78, 5) is 22.9. The molecule has 0 heterocycles. The molecule has 0 aromatic heterocycles. The van der Waals surface area contributed by atoms with Gasteiger partial charge < -0.3 is 10.6 Å². The van der Waals surface area contributed by atoms with Gasteiger partial charge in [-0.05, 0) is 24.3 Å². The number of anilines is 1. The zero-order chi connectivity index (χ0) is 13.4. The van der Waals surface area contributed by atoms with E-state index in [9.17, 15) is 9.59 Å². The Morgan fingerprint density at radius 3 is 2.61 bits per heavy atom. The first-order valence-electron chi connectivity index (χ1n) is 5.80. The Balaban J connectivity index is 2.47. The Morgan fingerprint density at radius 1 is 1.22 bits per heavy atom. The molecule has 0 saturated heterocycles. The topological polar surface area (TPSA) is 58.2 Å². The molecular weight excluding hydrogens is 248 g/mol. The summed E-state index contributed by atoms with van der Waals surface area (Å²) in [5.41, 5.74) is 1.89. The van der Waals surface area contributed by atoms with Gasteiger partial charge in [0, 0.05) is 5.69 Å². The number of benzene rings is 1. The van der Waals surface area contributed by atoms with E-state index in [0.717, 1.165) is 17.7 Å². The largest absolute Gasteiger partial charge is 0.346 e. The van der Waals surface area contributed by atoms with Crippen LogP contribution in [0, 0.1) is 0 Å². The number of nitrogens with one attached hydrogen (secondary N) is 2. The highest BCUT2D eigenvalue weighted by atomic mass is 32.2. The molecule has 0 aliphatic heterocycles. The lowest BCUT2D eigenvalue weighted by Gasteiger charge is -2.10. The summed E-state index contributed by atoms with van der Waals surface area (Å²) < 4.78 is 0. The Bertz CT molecular complexity index is 421. The van der Waals surface area contributed by atoms with Gasteiger partial charge in [0.05, 0.1) is 12.3 Å². The second-order valence-electron chi connectivity index (χ2n) is 3.77. The molecule has 5 heteroatoms. The highest BCUT2D eigenvalue weighted by molar-refractivity contribution is 7.99. The summed E-state index contributed by atoms with van der Waals surface area (Å²) >= 11 is 1.43. The maximum atomic E-state index is 11.7. The van der Waals surface area contributed by atoms with E-state index in [1.807, 2.05) is 37.4 Å². The van der Waals surface area contributed by atoms with Crippen molar-refractivity contribution < 1.29 is 9.59 Å². The molecule has 0 saturated carbocycles. The van der Waals surface area contributed by atoms with Crippen molar-refractivity contribution in [2.45, 2.75) is 13.3 Å². The summed E-state index contributed by atoms with van der Waals surface area (Å²) in [5.74, 6) is 0.0468. The monoisotopic (exact) mass is 266 g/mol. The van der Waals surface area contributed by atoms with E-state index >= 15 is 0 Å². The summed E-state index contributed by atoms with van der Waals surface area (Å²) in [6.07, 6.45) is 2.70. The molecule has 0 spiro atoms. The van der Waals surface area contributed by atoms with Crippen molar-refractivity contribution in [3.63, 3.8) is 0 Å². The van der Waals surface area contributed by atoms with Crippen LogP contribution in [-0.4, -0.2) is 30.4 Å². The van der Waals surface area contributed by atoms with Crippen LogP contribution in [0.1, 0.15) is 12.5 Å². The number of rotatable bonds is 6. The Hall–Kier alpha value is -1.49. The van der Waals surface area contributed by atoms with Gasteiger partial charge in [-0.2, -0.15) is 11.8 Å². The van der Waals surface area contributed by atoms with E-state index in [0.29, 0.717) is 5.75 Å². The van der Waals surface area contributed by atoms with Crippen molar-refractivity contribution in [1.29, 1.82) is 0 Å². The fourth-order valence-corrected chi connectivity index (χ4v) is 1.87. The minimum Gasteiger partial charge on any atom is -0.346 e. The normalized spacial score (nSPS) is 9.89. The molecule has 2 N–H and O–H groups in total. The lowest BCUT2D eigenvalue weighted by Crippen LogP contribution is -2.34. The maximum absolute atomic E-state index is 11.7. The SMILES string of the molecule is CCc1ccccc1NC(=O)CNC(=O)CSC.